The standard InChI is InChI=1S/C18H19N3O2S/c1-2-23-18(22)21-16-8-7-13(10-15(16)19)20-11-14-9-12-5-3-4-6-17(12)24-14/h3-10,20H,2,11,19H2,1H3,(H,21,22). The molecule has 1 amide bonds. The van der Waals surface area contributed by atoms with Crippen LogP contribution in [0.4, 0.5) is 21.9 Å². The molecule has 0 aliphatic heterocycles. The molecule has 0 atom stereocenters. The highest BCUT2D eigenvalue weighted by Gasteiger charge is 2.07. The number of carbonyl (C=O) groups is 1. The molecule has 3 aromatic rings. The van der Waals surface area contributed by atoms with Crippen LogP contribution in [0.3, 0.4) is 0 Å². The molecule has 5 nitrogen and oxygen atoms in total. The minimum atomic E-state index is -0.504. The van der Waals surface area contributed by atoms with E-state index in [1.54, 1.807) is 30.4 Å². The van der Waals surface area contributed by atoms with Gasteiger partial charge in [-0.2, -0.15) is 0 Å². The van der Waals surface area contributed by atoms with Crippen LogP contribution in [0.5, 0.6) is 0 Å². The molecule has 0 unspecified atom stereocenters. The lowest BCUT2D eigenvalue weighted by atomic mass is 10.2. The molecule has 4 N–H and O–H groups in total. The molecule has 6 heteroatoms. The molecule has 0 spiro atoms. The molecule has 0 aliphatic carbocycles. The molecule has 24 heavy (non-hydrogen) atoms. The Bertz CT molecular complexity index is 827. The van der Waals surface area contributed by atoms with E-state index in [1.165, 1.54) is 15.0 Å². The van der Waals surface area contributed by atoms with Gasteiger partial charge in [-0.05, 0) is 42.6 Å². The fraction of sp³-hybridized carbons (Fsp3) is 0.167. The van der Waals surface area contributed by atoms with Gasteiger partial charge in [0.15, 0.2) is 0 Å². The minimum Gasteiger partial charge on any atom is -0.450 e. The van der Waals surface area contributed by atoms with Gasteiger partial charge in [0, 0.05) is 21.8 Å². The van der Waals surface area contributed by atoms with Gasteiger partial charge in [0.2, 0.25) is 0 Å². The first kappa shape index (κ1) is 16.1. The van der Waals surface area contributed by atoms with E-state index in [0.717, 1.165) is 12.2 Å². The van der Waals surface area contributed by atoms with Crippen molar-refractivity contribution in [1.82, 2.24) is 0 Å². The zero-order valence-electron chi connectivity index (χ0n) is 13.3. The van der Waals surface area contributed by atoms with Gasteiger partial charge in [0.25, 0.3) is 0 Å². The molecule has 0 aliphatic rings. The number of hydrogen-bond donors (Lipinski definition) is 3. The van der Waals surface area contributed by atoms with Gasteiger partial charge in [-0.15, -0.1) is 11.3 Å². The normalized spacial score (nSPS) is 10.5. The summed E-state index contributed by atoms with van der Waals surface area (Å²) in [5, 5.41) is 7.23. The fourth-order valence-electron chi connectivity index (χ4n) is 2.38. The number of amides is 1. The molecule has 0 saturated carbocycles. The largest absolute Gasteiger partial charge is 0.450 e. The number of nitrogens with one attached hydrogen (secondary N) is 2. The Morgan fingerprint density at radius 3 is 2.79 bits per heavy atom. The van der Waals surface area contributed by atoms with E-state index in [2.05, 4.69) is 28.8 Å². The van der Waals surface area contributed by atoms with Gasteiger partial charge < -0.3 is 15.8 Å². The van der Waals surface area contributed by atoms with Crippen LogP contribution in [-0.2, 0) is 11.3 Å². The third kappa shape index (κ3) is 3.78. The monoisotopic (exact) mass is 341 g/mol. The molecule has 0 radical (unpaired) electrons. The second kappa shape index (κ2) is 7.23. The quantitative estimate of drug-likeness (QED) is 0.590. The van der Waals surface area contributed by atoms with Crippen LogP contribution in [0.2, 0.25) is 0 Å². The number of fused-ring (bicyclic) bond motifs is 1. The summed E-state index contributed by atoms with van der Waals surface area (Å²) in [5.41, 5.74) is 7.92. The second-order valence-corrected chi connectivity index (χ2v) is 6.42. The van der Waals surface area contributed by atoms with Crippen LogP contribution in [0, 0.1) is 0 Å². The summed E-state index contributed by atoms with van der Waals surface area (Å²) >= 11 is 1.77. The Kier molecular flexibility index (Phi) is 4.86. The van der Waals surface area contributed by atoms with E-state index < -0.39 is 6.09 Å². The van der Waals surface area contributed by atoms with Crippen LogP contribution in [0.1, 0.15) is 11.8 Å². The lowest BCUT2D eigenvalue weighted by Crippen LogP contribution is -2.14. The van der Waals surface area contributed by atoms with Crippen LogP contribution in [-0.4, -0.2) is 12.7 Å². The maximum Gasteiger partial charge on any atom is 0.411 e. The van der Waals surface area contributed by atoms with Crippen LogP contribution in [0.15, 0.2) is 48.5 Å². The van der Waals surface area contributed by atoms with Gasteiger partial charge in [-0.25, -0.2) is 4.79 Å². The summed E-state index contributed by atoms with van der Waals surface area (Å²) in [6.45, 7) is 2.80. The maximum absolute atomic E-state index is 11.4. The van der Waals surface area contributed by atoms with Crippen molar-refractivity contribution in [2.75, 3.05) is 23.0 Å². The summed E-state index contributed by atoms with van der Waals surface area (Å²) in [4.78, 5) is 12.7. The van der Waals surface area contributed by atoms with E-state index >= 15 is 0 Å². The topological polar surface area (TPSA) is 76.4 Å². The Morgan fingerprint density at radius 2 is 2.04 bits per heavy atom. The van der Waals surface area contributed by atoms with E-state index in [4.69, 9.17) is 10.5 Å². The number of thiophene rings is 1. The van der Waals surface area contributed by atoms with Gasteiger partial charge >= 0.3 is 6.09 Å². The van der Waals surface area contributed by atoms with Crippen molar-refractivity contribution in [1.29, 1.82) is 0 Å². The molecule has 1 aromatic heterocycles. The van der Waals surface area contributed by atoms with E-state index in [9.17, 15) is 4.79 Å². The van der Waals surface area contributed by atoms with Gasteiger partial charge in [0.1, 0.15) is 0 Å². The SMILES string of the molecule is CCOC(=O)Nc1ccc(NCc2cc3ccccc3s2)cc1N. The first-order chi connectivity index (χ1) is 11.7. The first-order valence-electron chi connectivity index (χ1n) is 7.70. The van der Waals surface area contributed by atoms with Gasteiger partial charge in [-0.3, -0.25) is 5.32 Å². The summed E-state index contributed by atoms with van der Waals surface area (Å²) in [5.74, 6) is 0. The third-order valence-electron chi connectivity index (χ3n) is 3.51. The van der Waals surface area contributed by atoms with Crippen molar-refractivity contribution in [3.8, 4) is 0 Å². The Morgan fingerprint density at radius 1 is 1.21 bits per heavy atom. The first-order valence-corrected chi connectivity index (χ1v) is 8.52. The highest BCUT2D eigenvalue weighted by Crippen LogP contribution is 2.27. The molecule has 0 fully saturated rings. The molecular formula is C18H19N3O2S. The number of anilines is 3. The predicted octanol–water partition coefficient (Wildman–Crippen LogP) is 4.66. The number of hydrogen-bond acceptors (Lipinski definition) is 5. The molecule has 3 rings (SSSR count). The molecule has 2 aromatic carbocycles. The van der Waals surface area contributed by atoms with Crippen molar-refractivity contribution in [3.05, 3.63) is 53.4 Å². The maximum atomic E-state index is 11.4. The molecule has 0 saturated heterocycles. The molecular weight excluding hydrogens is 322 g/mol. The average molecular weight is 341 g/mol. The summed E-state index contributed by atoms with van der Waals surface area (Å²) in [7, 11) is 0. The number of carbonyl (C=O) groups excluding carboxylic acids is 1. The number of benzene rings is 2. The molecule has 124 valence electrons. The lowest BCUT2D eigenvalue weighted by molar-refractivity contribution is 0.168. The van der Waals surface area contributed by atoms with E-state index in [0.29, 0.717) is 18.0 Å². The Labute approximate surface area is 144 Å². The third-order valence-corrected chi connectivity index (χ3v) is 4.62. The van der Waals surface area contributed by atoms with Crippen LogP contribution >= 0.6 is 11.3 Å². The molecule has 0 bridgehead atoms. The smallest absolute Gasteiger partial charge is 0.411 e. The van der Waals surface area contributed by atoms with Crippen molar-refractivity contribution >= 4 is 44.6 Å². The van der Waals surface area contributed by atoms with E-state index in [-0.39, 0.29) is 0 Å². The zero-order valence-corrected chi connectivity index (χ0v) is 14.2. The minimum absolute atomic E-state index is 0.320. The second-order valence-electron chi connectivity index (χ2n) is 5.25. The number of nitrogens with two attached hydrogens (primary N) is 1. The molecule has 1 heterocycles. The van der Waals surface area contributed by atoms with Crippen LogP contribution in [0.25, 0.3) is 10.1 Å². The van der Waals surface area contributed by atoms with E-state index in [1.807, 2.05) is 18.2 Å². The van der Waals surface area contributed by atoms with Gasteiger partial charge in [0.05, 0.1) is 18.0 Å². The van der Waals surface area contributed by atoms with Crippen molar-refractivity contribution in [3.63, 3.8) is 0 Å². The van der Waals surface area contributed by atoms with Crippen molar-refractivity contribution in [2.24, 2.45) is 0 Å². The van der Waals surface area contributed by atoms with Gasteiger partial charge in [-0.1, -0.05) is 18.2 Å². The highest BCUT2D eigenvalue weighted by atomic mass is 32.1. The predicted molar refractivity (Wildman–Crippen MR) is 101 cm³/mol. The number of rotatable bonds is 5. The summed E-state index contributed by atoms with van der Waals surface area (Å²) in [6.07, 6.45) is -0.504. The van der Waals surface area contributed by atoms with Crippen molar-refractivity contribution < 1.29 is 9.53 Å². The number of ether oxygens (including phenoxy) is 1. The number of nitrogen functional groups attached to an aromatic ring is 1. The fourth-order valence-corrected chi connectivity index (χ4v) is 3.38. The average Bonchev–Trinajstić information content (AvgIpc) is 2.98. The summed E-state index contributed by atoms with van der Waals surface area (Å²) in [6, 6.07) is 16.0. The van der Waals surface area contributed by atoms with Crippen molar-refractivity contribution in [2.45, 2.75) is 13.5 Å². The Balaban J connectivity index is 1.65. The van der Waals surface area contributed by atoms with Crippen LogP contribution < -0.4 is 16.4 Å². The summed E-state index contributed by atoms with van der Waals surface area (Å²) < 4.78 is 6.13. The zero-order chi connectivity index (χ0) is 16.9. The lowest BCUT2D eigenvalue weighted by Gasteiger charge is -2.11. The highest BCUT2D eigenvalue weighted by molar-refractivity contribution is 7.19. The Hall–Kier alpha value is -2.73.